The highest BCUT2D eigenvalue weighted by atomic mass is 79.9. The molecule has 0 fully saturated rings. The van der Waals surface area contributed by atoms with E-state index in [9.17, 15) is 4.79 Å². The number of halogens is 1. The molecule has 0 spiro atoms. The van der Waals surface area contributed by atoms with Crippen molar-refractivity contribution in [1.82, 2.24) is 0 Å². The van der Waals surface area contributed by atoms with Crippen molar-refractivity contribution in [2.75, 3.05) is 4.90 Å². The summed E-state index contributed by atoms with van der Waals surface area (Å²) in [5, 5.41) is 0. The van der Waals surface area contributed by atoms with Crippen molar-refractivity contribution in [3.05, 3.63) is 113 Å². The number of fused-ring (bicyclic) bond motifs is 3. The van der Waals surface area contributed by atoms with Crippen LogP contribution in [0.1, 0.15) is 15.9 Å². The summed E-state index contributed by atoms with van der Waals surface area (Å²) < 4.78 is 0.919. The van der Waals surface area contributed by atoms with Crippen LogP contribution in [0.2, 0.25) is 0 Å². The third-order valence-corrected chi connectivity index (χ3v) is 5.54. The number of carbonyl (C=O) groups is 1. The standard InChI is InChI=1S/C25H16BrNO/c26-17-11-13-21-22-14-12-20(16-24(22)25(28)23(21)15-17)27(18-7-3-1-4-8-18)19-9-5-2-6-10-19/h1-16H. The Morgan fingerprint density at radius 1 is 0.536 bits per heavy atom. The Morgan fingerprint density at radius 3 is 1.68 bits per heavy atom. The summed E-state index contributed by atoms with van der Waals surface area (Å²) in [4.78, 5) is 15.2. The molecule has 0 bridgehead atoms. The molecule has 0 unspecified atom stereocenters. The minimum Gasteiger partial charge on any atom is -0.310 e. The highest BCUT2D eigenvalue weighted by Gasteiger charge is 2.28. The molecule has 134 valence electrons. The molecule has 0 N–H and O–H groups in total. The SMILES string of the molecule is O=C1c2cc(Br)ccc2-c2ccc(N(c3ccccc3)c3ccccc3)cc21. The van der Waals surface area contributed by atoms with E-state index in [1.165, 1.54) is 0 Å². The molecular formula is C25H16BrNO. The Labute approximate surface area is 172 Å². The Hall–Kier alpha value is -3.17. The summed E-state index contributed by atoms with van der Waals surface area (Å²) in [6.45, 7) is 0. The van der Waals surface area contributed by atoms with Gasteiger partial charge in [-0.1, -0.05) is 64.5 Å². The number of hydrogen-bond donors (Lipinski definition) is 0. The van der Waals surface area contributed by atoms with E-state index in [1.807, 2.05) is 60.7 Å². The van der Waals surface area contributed by atoms with Crippen LogP contribution in [-0.2, 0) is 0 Å². The molecule has 28 heavy (non-hydrogen) atoms. The quantitative estimate of drug-likeness (QED) is 0.306. The van der Waals surface area contributed by atoms with E-state index in [0.29, 0.717) is 0 Å². The van der Waals surface area contributed by atoms with Crippen molar-refractivity contribution >= 4 is 38.8 Å². The maximum absolute atomic E-state index is 13.0. The molecule has 0 radical (unpaired) electrons. The summed E-state index contributed by atoms with van der Waals surface area (Å²) in [5.74, 6) is 0.0780. The molecule has 0 heterocycles. The van der Waals surface area contributed by atoms with Gasteiger partial charge in [-0.15, -0.1) is 0 Å². The monoisotopic (exact) mass is 425 g/mol. The van der Waals surface area contributed by atoms with Crippen molar-refractivity contribution < 1.29 is 4.79 Å². The lowest BCUT2D eigenvalue weighted by molar-refractivity contribution is 0.104. The average Bonchev–Trinajstić information content (AvgIpc) is 3.01. The van der Waals surface area contributed by atoms with Crippen LogP contribution in [0, 0.1) is 0 Å². The van der Waals surface area contributed by atoms with E-state index >= 15 is 0 Å². The van der Waals surface area contributed by atoms with Crippen LogP contribution >= 0.6 is 15.9 Å². The zero-order valence-electron chi connectivity index (χ0n) is 15.0. The molecule has 0 amide bonds. The van der Waals surface area contributed by atoms with Crippen LogP contribution in [0.3, 0.4) is 0 Å². The number of hydrogen-bond acceptors (Lipinski definition) is 2. The van der Waals surface area contributed by atoms with Gasteiger partial charge in [0.1, 0.15) is 0 Å². The zero-order valence-corrected chi connectivity index (χ0v) is 16.6. The Kier molecular flexibility index (Phi) is 4.10. The zero-order chi connectivity index (χ0) is 19.1. The Balaban J connectivity index is 1.67. The first kappa shape index (κ1) is 17.0. The lowest BCUT2D eigenvalue weighted by Crippen LogP contribution is -2.10. The van der Waals surface area contributed by atoms with Crippen molar-refractivity contribution in [3.8, 4) is 11.1 Å². The van der Waals surface area contributed by atoms with Crippen LogP contribution in [0.15, 0.2) is 102 Å². The second-order valence-corrected chi connectivity index (χ2v) is 7.67. The third kappa shape index (κ3) is 2.76. The molecule has 1 aliphatic rings. The first-order valence-electron chi connectivity index (χ1n) is 9.11. The number of anilines is 3. The highest BCUT2D eigenvalue weighted by Crippen LogP contribution is 2.42. The van der Waals surface area contributed by atoms with Gasteiger partial charge in [-0.2, -0.15) is 0 Å². The predicted octanol–water partition coefficient (Wildman–Crippen LogP) is 7.13. The largest absolute Gasteiger partial charge is 0.310 e. The molecule has 5 rings (SSSR count). The van der Waals surface area contributed by atoms with Gasteiger partial charge in [0.2, 0.25) is 0 Å². The van der Waals surface area contributed by atoms with E-state index in [-0.39, 0.29) is 5.78 Å². The van der Waals surface area contributed by atoms with Crippen molar-refractivity contribution in [2.45, 2.75) is 0 Å². The fourth-order valence-electron chi connectivity index (χ4n) is 3.78. The third-order valence-electron chi connectivity index (χ3n) is 5.05. The predicted molar refractivity (Wildman–Crippen MR) is 118 cm³/mol. The van der Waals surface area contributed by atoms with Gasteiger partial charge >= 0.3 is 0 Å². The second kappa shape index (κ2) is 6.77. The van der Waals surface area contributed by atoms with Crippen LogP contribution < -0.4 is 4.90 Å². The molecule has 0 saturated heterocycles. The first-order chi connectivity index (χ1) is 13.7. The van der Waals surface area contributed by atoms with Crippen molar-refractivity contribution in [3.63, 3.8) is 0 Å². The van der Waals surface area contributed by atoms with Crippen LogP contribution in [0.4, 0.5) is 17.1 Å². The lowest BCUT2D eigenvalue weighted by atomic mass is 10.0. The molecule has 2 nitrogen and oxygen atoms in total. The normalized spacial score (nSPS) is 11.8. The van der Waals surface area contributed by atoms with E-state index < -0.39 is 0 Å². The van der Waals surface area contributed by atoms with Gasteiger partial charge < -0.3 is 4.90 Å². The highest BCUT2D eigenvalue weighted by molar-refractivity contribution is 9.10. The topological polar surface area (TPSA) is 20.3 Å². The molecule has 0 saturated carbocycles. The molecule has 4 aromatic rings. The number of carbonyl (C=O) groups excluding carboxylic acids is 1. The lowest BCUT2D eigenvalue weighted by Gasteiger charge is -2.25. The minimum absolute atomic E-state index is 0.0780. The van der Waals surface area contributed by atoms with Gasteiger partial charge in [-0.3, -0.25) is 4.79 Å². The summed E-state index contributed by atoms with van der Waals surface area (Å²) in [5.41, 5.74) is 6.59. The van der Waals surface area contributed by atoms with E-state index in [4.69, 9.17) is 0 Å². The van der Waals surface area contributed by atoms with Gasteiger partial charge in [0, 0.05) is 32.7 Å². The molecule has 4 aromatic carbocycles. The van der Waals surface area contributed by atoms with Gasteiger partial charge in [0.15, 0.2) is 5.78 Å². The molecule has 1 aliphatic carbocycles. The summed E-state index contributed by atoms with van der Waals surface area (Å²) in [6, 6.07) is 32.5. The smallest absolute Gasteiger partial charge is 0.194 e. The fraction of sp³-hybridized carbons (Fsp3) is 0. The molecule has 0 atom stereocenters. The summed E-state index contributed by atoms with van der Waals surface area (Å²) in [7, 11) is 0. The van der Waals surface area contributed by atoms with Crippen LogP contribution in [0.25, 0.3) is 11.1 Å². The number of ketones is 1. The second-order valence-electron chi connectivity index (χ2n) is 6.76. The minimum atomic E-state index is 0.0780. The van der Waals surface area contributed by atoms with E-state index in [1.54, 1.807) is 0 Å². The summed E-state index contributed by atoms with van der Waals surface area (Å²) >= 11 is 3.48. The Bertz CT molecular complexity index is 1150. The van der Waals surface area contributed by atoms with Gasteiger partial charge in [0.05, 0.1) is 0 Å². The maximum Gasteiger partial charge on any atom is 0.194 e. The molecule has 3 heteroatoms. The first-order valence-corrected chi connectivity index (χ1v) is 9.90. The number of para-hydroxylation sites is 2. The maximum atomic E-state index is 13.0. The average molecular weight is 426 g/mol. The Morgan fingerprint density at radius 2 is 1.07 bits per heavy atom. The fourth-order valence-corrected chi connectivity index (χ4v) is 4.14. The molecule has 0 aliphatic heterocycles. The van der Waals surface area contributed by atoms with E-state index in [0.717, 1.165) is 43.8 Å². The van der Waals surface area contributed by atoms with Gasteiger partial charge in [0.25, 0.3) is 0 Å². The van der Waals surface area contributed by atoms with Crippen molar-refractivity contribution in [1.29, 1.82) is 0 Å². The van der Waals surface area contributed by atoms with Crippen LogP contribution in [-0.4, -0.2) is 5.78 Å². The van der Waals surface area contributed by atoms with Crippen LogP contribution in [0.5, 0.6) is 0 Å². The number of rotatable bonds is 3. The van der Waals surface area contributed by atoms with Gasteiger partial charge in [-0.25, -0.2) is 0 Å². The van der Waals surface area contributed by atoms with Crippen molar-refractivity contribution in [2.24, 2.45) is 0 Å². The van der Waals surface area contributed by atoms with E-state index in [2.05, 4.69) is 57.2 Å². The molecule has 0 aromatic heterocycles. The number of benzene rings is 4. The van der Waals surface area contributed by atoms with Gasteiger partial charge in [-0.05, 0) is 59.7 Å². The number of nitrogens with zero attached hydrogens (tertiary/aromatic N) is 1. The summed E-state index contributed by atoms with van der Waals surface area (Å²) in [6.07, 6.45) is 0. The molecular weight excluding hydrogens is 410 g/mol.